The van der Waals surface area contributed by atoms with Gasteiger partial charge in [-0.25, -0.2) is 0 Å². The molecule has 0 fully saturated rings. The summed E-state index contributed by atoms with van der Waals surface area (Å²) in [5.41, 5.74) is 1.35. The van der Waals surface area contributed by atoms with Crippen LogP contribution in [0.4, 0.5) is 5.69 Å². The van der Waals surface area contributed by atoms with E-state index in [1.165, 1.54) is 0 Å². The van der Waals surface area contributed by atoms with Crippen molar-refractivity contribution in [2.75, 3.05) is 5.32 Å². The maximum absolute atomic E-state index is 12.1. The molecule has 0 saturated carbocycles. The van der Waals surface area contributed by atoms with Gasteiger partial charge >= 0.3 is 0 Å². The lowest BCUT2D eigenvalue weighted by Gasteiger charge is -2.29. The van der Waals surface area contributed by atoms with Crippen molar-refractivity contribution in [3.8, 4) is 0 Å². The number of carbonyl (C=O) groups excluding carboxylic acids is 2. The number of aliphatic hydroxyl groups excluding tert-OH is 1. The lowest BCUT2D eigenvalue weighted by atomic mass is 9.98. The van der Waals surface area contributed by atoms with Crippen molar-refractivity contribution in [2.24, 2.45) is 0 Å². The number of hydrogen-bond donors (Lipinski definition) is 3. The zero-order valence-electron chi connectivity index (χ0n) is 11.3. The summed E-state index contributed by atoms with van der Waals surface area (Å²) >= 11 is 0. The van der Waals surface area contributed by atoms with Crippen LogP contribution in [0.25, 0.3) is 0 Å². The highest BCUT2D eigenvalue weighted by atomic mass is 16.3. The smallest absolute Gasteiger partial charge is 0.251 e. The van der Waals surface area contributed by atoms with Crippen LogP contribution in [-0.4, -0.2) is 28.6 Å². The van der Waals surface area contributed by atoms with Gasteiger partial charge in [0.15, 0.2) is 0 Å². The van der Waals surface area contributed by atoms with E-state index in [0.29, 0.717) is 17.7 Å². The largest absolute Gasteiger partial charge is 0.391 e. The predicted molar refractivity (Wildman–Crippen MR) is 72.0 cm³/mol. The molecule has 0 bridgehead atoms. The number of anilines is 1. The molecular formula is C14H18N2O3. The molecule has 2 amide bonds. The minimum atomic E-state index is -0.709. The number of benzene rings is 1. The van der Waals surface area contributed by atoms with Gasteiger partial charge in [-0.2, -0.15) is 0 Å². The number of hydrogen-bond acceptors (Lipinski definition) is 3. The van der Waals surface area contributed by atoms with Gasteiger partial charge in [0.05, 0.1) is 18.1 Å². The number of aliphatic hydroxyl groups is 1. The number of nitrogens with one attached hydrogen (secondary N) is 2. The van der Waals surface area contributed by atoms with E-state index >= 15 is 0 Å². The van der Waals surface area contributed by atoms with Crippen LogP contribution in [0.3, 0.4) is 0 Å². The Bertz CT molecular complexity index is 535. The third-order valence-electron chi connectivity index (χ3n) is 3.48. The van der Waals surface area contributed by atoms with Gasteiger partial charge in [-0.15, -0.1) is 0 Å². The first-order valence-electron chi connectivity index (χ1n) is 6.23. The van der Waals surface area contributed by atoms with E-state index in [-0.39, 0.29) is 11.8 Å². The summed E-state index contributed by atoms with van der Waals surface area (Å²) in [4.78, 5) is 23.4. The second-order valence-corrected chi connectivity index (χ2v) is 5.45. The highest BCUT2D eigenvalue weighted by Crippen LogP contribution is 2.24. The van der Waals surface area contributed by atoms with E-state index in [4.69, 9.17) is 0 Å². The van der Waals surface area contributed by atoms with Gasteiger partial charge in [0, 0.05) is 11.3 Å². The third kappa shape index (κ3) is 2.76. The normalized spacial score (nSPS) is 15.7. The first kappa shape index (κ1) is 13.5. The Hall–Kier alpha value is -1.88. The van der Waals surface area contributed by atoms with Crippen molar-refractivity contribution in [1.29, 1.82) is 0 Å². The fraction of sp³-hybridized carbons (Fsp3) is 0.429. The fourth-order valence-electron chi connectivity index (χ4n) is 1.82. The van der Waals surface area contributed by atoms with Crippen molar-refractivity contribution in [1.82, 2.24) is 5.32 Å². The Morgan fingerprint density at radius 1 is 1.47 bits per heavy atom. The Balaban J connectivity index is 2.18. The van der Waals surface area contributed by atoms with Gasteiger partial charge in [-0.1, -0.05) is 6.07 Å². The molecular weight excluding hydrogens is 244 g/mol. The Morgan fingerprint density at radius 2 is 2.16 bits per heavy atom. The molecule has 1 unspecified atom stereocenters. The van der Waals surface area contributed by atoms with E-state index in [0.717, 1.165) is 5.56 Å². The molecule has 1 atom stereocenters. The quantitative estimate of drug-likeness (QED) is 0.762. The molecule has 1 heterocycles. The summed E-state index contributed by atoms with van der Waals surface area (Å²) in [6.07, 6.45) is -0.304. The first-order valence-corrected chi connectivity index (χ1v) is 6.23. The molecule has 5 heteroatoms. The van der Waals surface area contributed by atoms with Crippen LogP contribution in [0, 0.1) is 0 Å². The lowest BCUT2D eigenvalue weighted by molar-refractivity contribution is -0.115. The van der Waals surface area contributed by atoms with Crippen LogP contribution in [-0.2, 0) is 11.2 Å². The molecule has 1 aromatic rings. The van der Waals surface area contributed by atoms with E-state index in [9.17, 15) is 14.7 Å². The number of carbonyl (C=O) groups is 2. The van der Waals surface area contributed by atoms with Gasteiger partial charge in [-0.05, 0) is 38.5 Å². The molecule has 0 aromatic heterocycles. The summed E-state index contributed by atoms with van der Waals surface area (Å²) in [5, 5.41) is 15.1. The zero-order chi connectivity index (χ0) is 14.2. The van der Waals surface area contributed by atoms with Gasteiger partial charge in [-0.3, -0.25) is 9.59 Å². The molecule has 5 nitrogen and oxygen atoms in total. The topological polar surface area (TPSA) is 78.4 Å². The molecule has 1 aliphatic rings. The fourth-order valence-corrected chi connectivity index (χ4v) is 1.82. The van der Waals surface area contributed by atoms with Crippen LogP contribution in [0.15, 0.2) is 18.2 Å². The van der Waals surface area contributed by atoms with Gasteiger partial charge in [0.2, 0.25) is 5.91 Å². The first-order chi connectivity index (χ1) is 8.79. The summed E-state index contributed by atoms with van der Waals surface area (Å²) < 4.78 is 0. The summed E-state index contributed by atoms with van der Waals surface area (Å²) in [6, 6.07) is 5.12. The number of amides is 2. The molecule has 0 spiro atoms. The van der Waals surface area contributed by atoms with Crippen LogP contribution >= 0.6 is 0 Å². The Morgan fingerprint density at radius 3 is 2.79 bits per heavy atom. The van der Waals surface area contributed by atoms with Crippen LogP contribution in [0.5, 0.6) is 0 Å². The van der Waals surface area contributed by atoms with E-state index in [2.05, 4.69) is 10.6 Å². The molecule has 2 rings (SSSR count). The van der Waals surface area contributed by atoms with E-state index < -0.39 is 11.6 Å². The minimum absolute atomic E-state index is 0.0585. The highest BCUT2D eigenvalue weighted by molar-refractivity contribution is 6.02. The molecule has 3 N–H and O–H groups in total. The van der Waals surface area contributed by atoms with Crippen LogP contribution in [0.2, 0.25) is 0 Å². The summed E-state index contributed by atoms with van der Waals surface area (Å²) in [7, 11) is 0. The van der Waals surface area contributed by atoms with E-state index in [1.807, 2.05) is 0 Å². The second-order valence-electron chi connectivity index (χ2n) is 5.45. The van der Waals surface area contributed by atoms with Gasteiger partial charge in [0.1, 0.15) is 0 Å². The van der Waals surface area contributed by atoms with Crippen LogP contribution in [0.1, 0.15) is 36.7 Å². The maximum Gasteiger partial charge on any atom is 0.251 e. The average molecular weight is 262 g/mol. The molecule has 1 aromatic carbocycles. The molecule has 0 radical (unpaired) electrons. The lowest BCUT2D eigenvalue weighted by Crippen LogP contribution is -2.50. The number of rotatable bonds is 3. The average Bonchev–Trinajstić information content (AvgIpc) is 2.66. The highest BCUT2D eigenvalue weighted by Gasteiger charge is 2.27. The summed E-state index contributed by atoms with van der Waals surface area (Å²) in [5.74, 6) is -0.327. The van der Waals surface area contributed by atoms with Crippen molar-refractivity contribution in [3.05, 3.63) is 29.3 Å². The van der Waals surface area contributed by atoms with Crippen LogP contribution < -0.4 is 10.6 Å². The van der Waals surface area contributed by atoms with Gasteiger partial charge in [0.25, 0.3) is 5.91 Å². The molecule has 102 valence electrons. The monoisotopic (exact) mass is 262 g/mol. The van der Waals surface area contributed by atoms with Crippen molar-refractivity contribution in [3.63, 3.8) is 0 Å². The standard InChI is InChI=1S/C14H18N2O3/c1-8(17)14(2,3)16-13(19)10-5-4-9-7-12(18)15-11(9)6-10/h4-6,8,17H,7H2,1-3H3,(H,15,18)(H,16,19). The van der Waals surface area contributed by atoms with Crippen molar-refractivity contribution in [2.45, 2.75) is 38.8 Å². The molecule has 1 aliphatic heterocycles. The minimum Gasteiger partial charge on any atom is -0.391 e. The SMILES string of the molecule is CC(O)C(C)(C)NC(=O)c1ccc2c(c1)NC(=O)C2. The number of fused-ring (bicyclic) bond motifs is 1. The zero-order valence-corrected chi connectivity index (χ0v) is 11.3. The van der Waals surface area contributed by atoms with Crippen molar-refractivity contribution >= 4 is 17.5 Å². The van der Waals surface area contributed by atoms with Gasteiger partial charge < -0.3 is 15.7 Å². The maximum atomic E-state index is 12.1. The van der Waals surface area contributed by atoms with Crippen molar-refractivity contribution < 1.29 is 14.7 Å². The third-order valence-corrected chi connectivity index (χ3v) is 3.48. The summed E-state index contributed by atoms with van der Waals surface area (Å²) in [6.45, 7) is 5.14. The Labute approximate surface area is 112 Å². The van der Waals surface area contributed by atoms with E-state index in [1.54, 1.807) is 39.0 Å². The molecule has 0 aliphatic carbocycles. The molecule has 0 saturated heterocycles. The molecule has 19 heavy (non-hydrogen) atoms. The second kappa shape index (κ2) is 4.66. The predicted octanol–water partition coefficient (Wildman–Crippen LogP) is 1.07. The Kier molecular flexibility index (Phi) is 3.32.